The van der Waals surface area contributed by atoms with E-state index in [9.17, 15) is 19.8 Å². The van der Waals surface area contributed by atoms with E-state index in [2.05, 4.69) is 5.32 Å². The van der Waals surface area contributed by atoms with Gasteiger partial charge in [0.05, 0.1) is 0 Å². The zero-order valence-corrected chi connectivity index (χ0v) is 15.4. The molecule has 28 heavy (non-hydrogen) atoms. The fourth-order valence-corrected chi connectivity index (χ4v) is 2.65. The summed E-state index contributed by atoms with van der Waals surface area (Å²) in [5, 5.41) is 22.7. The Labute approximate surface area is 161 Å². The largest absolute Gasteiger partial charge is 0.508 e. The summed E-state index contributed by atoms with van der Waals surface area (Å²) < 4.78 is 4.93. The quantitative estimate of drug-likeness (QED) is 0.459. The van der Waals surface area contributed by atoms with Crippen LogP contribution in [0.25, 0.3) is 5.70 Å². The van der Waals surface area contributed by atoms with Gasteiger partial charge >= 0.3 is 5.63 Å². The molecular formula is C22H19NO5. The Morgan fingerprint density at radius 1 is 1.00 bits per heavy atom. The van der Waals surface area contributed by atoms with E-state index in [0.717, 1.165) is 11.3 Å². The summed E-state index contributed by atoms with van der Waals surface area (Å²) in [6, 6.07) is 15.0. The van der Waals surface area contributed by atoms with Crippen LogP contribution < -0.4 is 10.9 Å². The molecule has 0 aliphatic rings. The maximum Gasteiger partial charge on any atom is 0.351 e. The van der Waals surface area contributed by atoms with Crippen molar-refractivity contribution in [2.45, 2.75) is 13.8 Å². The molecule has 0 saturated heterocycles. The molecule has 0 aliphatic heterocycles. The summed E-state index contributed by atoms with van der Waals surface area (Å²) >= 11 is 0. The number of rotatable bonds is 5. The van der Waals surface area contributed by atoms with Crippen LogP contribution in [-0.4, -0.2) is 16.0 Å². The molecule has 1 heterocycles. The number of allylic oxidation sites excluding steroid dienone is 1. The monoisotopic (exact) mass is 377 g/mol. The van der Waals surface area contributed by atoms with Crippen LogP contribution in [0, 0.1) is 13.8 Å². The van der Waals surface area contributed by atoms with Gasteiger partial charge in [-0.2, -0.15) is 0 Å². The van der Waals surface area contributed by atoms with Crippen molar-refractivity contribution in [3.05, 3.63) is 93.5 Å². The molecule has 3 aromatic rings. The molecule has 3 rings (SSSR count). The van der Waals surface area contributed by atoms with E-state index in [4.69, 9.17) is 4.42 Å². The summed E-state index contributed by atoms with van der Waals surface area (Å²) in [6.07, 6.45) is 1.22. The number of hydrogen-bond acceptors (Lipinski definition) is 6. The maximum atomic E-state index is 12.7. The highest BCUT2D eigenvalue weighted by Gasteiger charge is 2.18. The van der Waals surface area contributed by atoms with Crippen molar-refractivity contribution in [2.24, 2.45) is 0 Å². The highest BCUT2D eigenvalue weighted by atomic mass is 16.4. The first-order valence-electron chi connectivity index (χ1n) is 8.56. The van der Waals surface area contributed by atoms with Crippen molar-refractivity contribution in [1.82, 2.24) is 0 Å². The molecule has 142 valence electrons. The predicted octanol–water partition coefficient (Wildman–Crippen LogP) is 4.00. The van der Waals surface area contributed by atoms with Crippen LogP contribution in [0.4, 0.5) is 5.69 Å². The van der Waals surface area contributed by atoms with Crippen LogP contribution in [0.5, 0.6) is 11.5 Å². The first-order chi connectivity index (χ1) is 13.3. The van der Waals surface area contributed by atoms with Crippen LogP contribution >= 0.6 is 0 Å². The van der Waals surface area contributed by atoms with E-state index in [0.29, 0.717) is 11.3 Å². The lowest BCUT2D eigenvalue weighted by atomic mass is 10.1. The van der Waals surface area contributed by atoms with E-state index in [1.165, 1.54) is 31.2 Å². The Balaban J connectivity index is 2.05. The molecule has 6 heteroatoms. The molecule has 0 unspecified atom stereocenters. The molecule has 1 aromatic heterocycles. The minimum Gasteiger partial charge on any atom is -0.508 e. The van der Waals surface area contributed by atoms with Crippen LogP contribution in [0.1, 0.15) is 27.2 Å². The van der Waals surface area contributed by atoms with E-state index < -0.39 is 22.7 Å². The molecule has 0 atom stereocenters. The summed E-state index contributed by atoms with van der Waals surface area (Å²) in [5.74, 6) is -0.842. The average molecular weight is 377 g/mol. The van der Waals surface area contributed by atoms with Crippen LogP contribution in [-0.2, 0) is 0 Å². The van der Waals surface area contributed by atoms with E-state index in [-0.39, 0.29) is 11.5 Å². The highest BCUT2D eigenvalue weighted by molar-refractivity contribution is 6.10. The van der Waals surface area contributed by atoms with Gasteiger partial charge in [-0.25, -0.2) is 4.79 Å². The van der Waals surface area contributed by atoms with Crippen LogP contribution in [0.3, 0.4) is 0 Å². The average Bonchev–Trinajstić information content (AvgIpc) is 2.63. The second-order valence-electron chi connectivity index (χ2n) is 6.36. The van der Waals surface area contributed by atoms with Gasteiger partial charge in [-0.15, -0.1) is 0 Å². The number of carbonyl (C=O) groups is 1. The number of benzene rings is 2. The number of ketones is 1. The number of aryl methyl sites for hydroxylation is 2. The molecular weight excluding hydrogens is 358 g/mol. The third kappa shape index (κ3) is 4.29. The Morgan fingerprint density at radius 3 is 2.25 bits per heavy atom. The molecule has 0 amide bonds. The standard InChI is InChI=1S/C22H19NO5/c1-13-3-7-16(8-4-13)23-18(15-5-9-17(24)10-6-15)12-20(26)21-19(25)11-14(2)28-22(21)27/h3-12,23-25H,1-2H3/b18-12-. The highest BCUT2D eigenvalue weighted by Crippen LogP contribution is 2.23. The molecule has 3 N–H and O–H groups in total. The van der Waals surface area contributed by atoms with Gasteiger partial charge in [0.25, 0.3) is 0 Å². The van der Waals surface area contributed by atoms with Crippen molar-refractivity contribution >= 4 is 17.2 Å². The second kappa shape index (κ2) is 7.84. The summed E-state index contributed by atoms with van der Waals surface area (Å²) in [7, 11) is 0. The normalized spacial score (nSPS) is 11.3. The van der Waals surface area contributed by atoms with Crippen molar-refractivity contribution in [3.8, 4) is 11.5 Å². The number of phenols is 1. The molecule has 0 saturated carbocycles. The number of anilines is 1. The fraction of sp³-hybridized carbons (Fsp3) is 0.0909. The third-order valence-corrected chi connectivity index (χ3v) is 4.08. The van der Waals surface area contributed by atoms with Gasteiger partial charge in [0, 0.05) is 23.5 Å². The maximum absolute atomic E-state index is 12.7. The summed E-state index contributed by atoms with van der Waals surface area (Å²) in [4.78, 5) is 24.7. The fourth-order valence-electron chi connectivity index (χ4n) is 2.65. The Bertz CT molecular complexity index is 1090. The Kier molecular flexibility index (Phi) is 5.31. The molecule has 2 aromatic carbocycles. The zero-order chi connectivity index (χ0) is 20.3. The van der Waals surface area contributed by atoms with Crippen molar-refractivity contribution in [3.63, 3.8) is 0 Å². The third-order valence-electron chi connectivity index (χ3n) is 4.08. The molecule has 6 nitrogen and oxygen atoms in total. The first kappa shape index (κ1) is 19.0. The lowest BCUT2D eigenvalue weighted by Gasteiger charge is -2.12. The van der Waals surface area contributed by atoms with Gasteiger partial charge in [-0.05, 0) is 55.8 Å². The molecule has 0 aliphatic carbocycles. The number of phenolic OH excluding ortho intramolecular Hbond substituents is 1. The number of nitrogens with one attached hydrogen (secondary N) is 1. The van der Waals surface area contributed by atoms with Gasteiger partial charge < -0.3 is 19.9 Å². The molecule has 0 spiro atoms. The minimum absolute atomic E-state index is 0.0848. The lowest BCUT2D eigenvalue weighted by molar-refractivity contribution is 0.104. The summed E-state index contributed by atoms with van der Waals surface area (Å²) in [6.45, 7) is 3.47. The molecule has 0 radical (unpaired) electrons. The van der Waals surface area contributed by atoms with E-state index >= 15 is 0 Å². The number of carbonyl (C=O) groups excluding carboxylic acids is 1. The zero-order valence-electron chi connectivity index (χ0n) is 15.4. The number of aromatic hydroxyl groups is 2. The Hall–Kier alpha value is -3.80. The minimum atomic E-state index is -0.904. The van der Waals surface area contributed by atoms with Gasteiger partial charge in [-0.3, -0.25) is 4.79 Å². The van der Waals surface area contributed by atoms with E-state index in [1.807, 2.05) is 31.2 Å². The lowest BCUT2D eigenvalue weighted by Crippen LogP contribution is -2.14. The van der Waals surface area contributed by atoms with Gasteiger partial charge in [0.15, 0.2) is 5.78 Å². The van der Waals surface area contributed by atoms with Gasteiger partial charge in [-0.1, -0.05) is 17.7 Å². The van der Waals surface area contributed by atoms with Crippen molar-refractivity contribution in [1.29, 1.82) is 0 Å². The first-order valence-corrected chi connectivity index (χ1v) is 8.56. The molecule has 0 fully saturated rings. The smallest absolute Gasteiger partial charge is 0.351 e. The van der Waals surface area contributed by atoms with Crippen LogP contribution in [0.2, 0.25) is 0 Å². The number of hydrogen-bond donors (Lipinski definition) is 3. The van der Waals surface area contributed by atoms with Gasteiger partial charge in [0.1, 0.15) is 22.8 Å². The summed E-state index contributed by atoms with van der Waals surface area (Å²) in [5.41, 5.74) is 1.49. The van der Waals surface area contributed by atoms with Gasteiger partial charge in [0.2, 0.25) is 0 Å². The molecule has 0 bridgehead atoms. The SMILES string of the molecule is Cc1ccc(N/C(=C\C(=O)c2c(O)cc(C)oc2=O)c2ccc(O)cc2)cc1. The van der Waals surface area contributed by atoms with Crippen molar-refractivity contribution in [2.75, 3.05) is 5.32 Å². The second-order valence-corrected chi connectivity index (χ2v) is 6.36. The van der Waals surface area contributed by atoms with Crippen molar-refractivity contribution < 1.29 is 19.4 Å². The van der Waals surface area contributed by atoms with Crippen LogP contribution in [0.15, 0.2) is 69.9 Å². The predicted molar refractivity (Wildman–Crippen MR) is 107 cm³/mol. The van der Waals surface area contributed by atoms with E-state index in [1.54, 1.807) is 12.1 Å². The topological polar surface area (TPSA) is 99.8 Å². The Morgan fingerprint density at radius 2 is 1.64 bits per heavy atom.